The zero-order valence-corrected chi connectivity index (χ0v) is 9.92. The number of alkyl halides is 2. The standard InChI is InChI=1S/C10H9ClF3NO3/c1-2-18-9(17)10(13,14)8(16)5-3-7(11)15-4-6(5)12/h3-4,8,16H,2H2,1H3. The van der Waals surface area contributed by atoms with Crippen molar-refractivity contribution in [3.8, 4) is 0 Å². The van der Waals surface area contributed by atoms with Crippen LogP contribution in [0.2, 0.25) is 5.15 Å². The summed E-state index contributed by atoms with van der Waals surface area (Å²) in [4.78, 5) is 14.3. The molecule has 1 atom stereocenters. The van der Waals surface area contributed by atoms with Crippen molar-refractivity contribution in [1.29, 1.82) is 0 Å². The number of hydrogen-bond donors (Lipinski definition) is 1. The predicted octanol–water partition coefficient (Wildman–Crippen LogP) is 2.11. The molecule has 8 heteroatoms. The van der Waals surface area contributed by atoms with Crippen molar-refractivity contribution in [2.24, 2.45) is 0 Å². The van der Waals surface area contributed by atoms with Crippen LogP contribution in [-0.2, 0) is 9.53 Å². The maximum absolute atomic E-state index is 13.4. The van der Waals surface area contributed by atoms with Crippen LogP contribution in [0.3, 0.4) is 0 Å². The van der Waals surface area contributed by atoms with E-state index in [1.54, 1.807) is 0 Å². The Morgan fingerprint density at radius 1 is 1.67 bits per heavy atom. The number of rotatable bonds is 4. The summed E-state index contributed by atoms with van der Waals surface area (Å²) in [6, 6.07) is 0.717. The van der Waals surface area contributed by atoms with Gasteiger partial charge in [-0.2, -0.15) is 8.78 Å². The molecule has 1 unspecified atom stereocenters. The van der Waals surface area contributed by atoms with Crippen molar-refractivity contribution in [1.82, 2.24) is 4.98 Å². The van der Waals surface area contributed by atoms with Crippen LogP contribution < -0.4 is 0 Å². The number of esters is 1. The number of carbonyl (C=O) groups is 1. The van der Waals surface area contributed by atoms with E-state index in [1.165, 1.54) is 6.92 Å². The molecule has 18 heavy (non-hydrogen) atoms. The van der Waals surface area contributed by atoms with Gasteiger partial charge in [-0.25, -0.2) is 14.2 Å². The van der Waals surface area contributed by atoms with E-state index in [9.17, 15) is 23.1 Å². The normalized spacial score (nSPS) is 13.2. The summed E-state index contributed by atoms with van der Waals surface area (Å²) in [5, 5.41) is 9.09. The molecule has 0 aliphatic rings. The average molecular weight is 284 g/mol. The highest BCUT2D eigenvalue weighted by atomic mass is 35.5. The lowest BCUT2D eigenvalue weighted by Crippen LogP contribution is -2.37. The van der Waals surface area contributed by atoms with E-state index in [-0.39, 0.29) is 11.8 Å². The van der Waals surface area contributed by atoms with Crippen LogP contribution >= 0.6 is 11.6 Å². The zero-order chi connectivity index (χ0) is 13.9. The smallest absolute Gasteiger partial charge is 0.380 e. The molecule has 0 radical (unpaired) electrons. The molecule has 1 heterocycles. The fourth-order valence-corrected chi connectivity index (χ4v) is 1.34. The minimum absolute atomic E-state index is 0.287. The highest BCUT2D eigenvalue weighted by Gasteiger charge is 2.50. The lowest BCUT2D eigenvalue weighted by molar-refractivity contribution is -0.189. The molecular formula is C10H9ClF3NO3. The Morgan fingerprint density at radius 3 is 2.83 bits per heavy atom. The molecule has 0 aliphatic carbocycles. The second-order valence-electron chi connectivity index (χ2n) is 3.27. The second-order valence-corrected chi connectivity index (χ2v) is 3.66. The molecule has 0 saturated carbocycles. The fraction of sp³-hybridized carbons (Fsp3) is 0.400. The Morgan fingerprint density at radius 2 is 2.28 bits per heavy atom. The summed E-state index contributed by atoms with van der Waals surface area (Å²) < 4.78 is 44.2. The van der Waals surface area contributed by atoms with Crippen LogP contribution in [0, 0.1) is 5.82 Å². The first-order valence-electron chi connectivity index (χ1n) is 4.84. The van der Waals surface area contributed by atoms with Crippen LogP contribution in [0.4, 0.5) is 13.2 Å². The molecule has 0 aliphatic heterocycles. The van der Waals surface area contributed by atoms with Crippen molar-refractivity contribution in [2.75, 3.05) is 6.61 Å². The number of nitrogens with zero attached hydrogens (tertiary/aromatic N) is 1. The molecule has 0 amide bonds. The molecule has 1 rings (SSSR count). The summed E-state index contributed by atoms with van der Waals surface area (Å²) >= 11 is 5.40. The van der Waals surface area contributed by atoms with E-state index in [0.717, 1.165) is 0 Å². The Bertz CT molecular complexity index is 456. The van der Waals surface area contributed by atoms with Crippen molar-refractivity contribution < 1.29 is 27.8 Å². The van der Waals surface area contributed by atoms with Gasteiger partial charge in [0, 0.05) is 5.56 Å². The third kappa shape index (κ3) is 2.91. The highest BCUT2D eigenvalue weighted by Crippen LogP contribution is 2.34. The summed E-state index contributed by atoms with van der Waals surface area (Å²) in [6.07, 6.45) is -2.13. The van der Waals surface area contributed by atoms with Gasteiger partial charge in [0.2, 0.25) is 0 Å². The molecule has 0 fully saturated rings. The first-order chi connectivity index (χ1) is 8.30. The fourth-order valence-electron chi connectivity index (χ4n) is 1.17. The number of hydrogen-bond acceptors (Lipinski definition) is 4. The number of ether oxygens (including phenoxy) is 1. The molecule has 0 spiro atoms. The minimum Gasteiger partial charge on any atom is -0.461 e. The topological polar surface area (TPSA) is 59.4 Å². The van der Waals surface area contributed by atoms with Crippen molar-refractivity contribution in [2.45, 2.75) is 19.0 Å². The lowest BCUT2D eigenvalue weighted by atomic mass is 10.0. The zero-order valence-electron chi connectivity index (χ0n) is 9.16. The van der Waals surface area contributed by atoms with Gasteiger partial charge in [-0.1, -0.05) is 11.6 Å². The van der Waals surface area contributed by atoms with Crippen molar-refractivity contribution in [3.05, 3.63) is 28.8 Å². The maximum Gasteiger partial charge on any atom is 0.380 e. The first kappa shape index (κ1) is 14.7. The molecule has 0 aromatic carbocycles. The van der Waals surface area contributed by atoms with Gasteiger partial charge in [0.1, 0.15) is 11.0 Å². The Balaban J connectivity index is 3.08. The molecule has 0 saturated heterocycles. The number of halogens is 4. The van der Waals surface area contributed by atoms with Gasteiger partial charge in [-0.3, -0.25) is 0 Å². The van der Waals surface area contributed by atoms with Crippen LogP contribution in [0.5, 0.6) is 0 Å². The van der Waals surface area contributed by atoms with E-state index in [0.29, 0.717) is 12.3 Å². The Hall–Kier alpha value is -1.34. The second kappa shape index (κ2) is 5.53. The average Bonchev–Trinajstić information content (AvgIpc) is 2.31. The van der Waals surface area contributed by atoms with E-state index in [4.69, 9.17) is 11.6 Å². The minimum atomic E-state index is -4.28. The number of carbonyl (C=O) groups excluding carboxylic acids is 1. The Kier molecular flexibility index (Phi) is 4.53. The molecule has 0 bridgehead atoms. The summed E-state index contributed by atoms with van der Waals surface area (Å²) in [5.41, 5.74) is -0.826. The van der Waals surface area contributed by atoms with E-state index < -0.39 is 29.4 Å². The van der Waals surface area contributed by atoms with Crippen LogP contribution in [0.25, 0.3) is 0 Å². The van der Waals surface area contributed by atoms with E-state index >= 15 is 0 Å². The Labute approximate surface area is 105 Å². The SMILES string of the molecule is CCOC(=O)C(F)(F)C(O)c1cc(Cl)ncc1F. The third-order valence-electron chi connectivity index (χ3n) is 2.04. The maximum atomic E-state index is 13.4. The summed E-state index contributed by atoms with van der Waals surface area (Å²) in [7, 11) is 0. The number of aliphatic hydroxyl groups is 1. The van der Waals surface area contributed by atoms with Gasteiger partial charge in [-0.15, -0.1) is 0 Å². The summed E-state index contributed by atoms with van der Waals surface area (Å²) in [5.74, 6) is -7.41. The molecule has 1 aromatic rings. The van der Waals surface area contributed by atoms with E-state index in [2.05, 4.69) is 9.72 Å². The van der Waals surface area contributed by atoms with Gasteiger partial charge in [-0.05, 0) is 13.0 Å². The van der Waals surface area contributed by atoms with Gasteiger partial charge in [0.25, 0.3) is 0 Å². The first-order valence-corrected chi connectivity index (χ1v) is 5.22. The van der Waals surface area contributed by atoms with Gasteiger partial charge >= 0.3 is 11.9 Å². The number of aromatic nitrogens is 1. The lowest BCUT2D eigenvalue weighted by Gasteiger charge is -2.21. The van der Waals surface area contributed by atoms with E-state index in [1.807, 2.05) is 0 Å². The van der Waals surface area contributed by atoms with Crippen LogP contribution in [-0.4, -0.2) is 28.6 Å². The van der Waals surface area contributed by atoms with Gasteiger partial charge in [0.05, 0.1) is 12.8 Å². The molecular weight excluding hydrogens is 275 g/mol. The molecule has 1 N–H and O–H groups in total. The van der Waals surface area contributed by atoms with Gasteiger partial charge < -0.3 is 9.84 Å². The van der Waals surface area contributed by atoms with Crippen molar-refractivity contribution >= 4 is 17.6 Å². The summed E-state index contributed by atoms with van der Waals surface area (Å²) in [6.45, 7) is 1.03. The third-order valence-corrected chi connectivity index (χ3v) is 2.24. The predicted molar refractivity (Wildman–Crippen MR) is 55.7 cm³/mol. The van der Waals surface area contributed by atoms with Crippen LogP contribution in [0.1, 0.15) is 18.6 Å². The number of pyridine rings is 1. The quantitative estimate of drug-likeness (QED) is 0.679. The van der Waals surface area contributed by atoms with Gasteiger partial charge in [0.15, 0.2) is 6.10 Å². The molecule has 100 valence electrons. The largest absolute Gasteiger partial charge is 0.461 e. The van der Waals surface area contributed by atoms with Crippen molar-refractivity contribution in [3.63, 3.8) is 0 Å². The monoisotopic (exact) mass is 283 g/mol. The highest BCUT2D eigenvalue weighted by molar-refractivity contribution is 6.29. The molecule has 4 nitrogen and oxygen atoms in total. The number of aliphatic hydroxyl groups excluding tert-OH is 1. The molecule has 1 aromatic heterocycles. The van der Waals surface area contributed by atoms with Crippen LogP contribution in [0.15, 0.2) is 12.3 Å².